The summed E-state index contributed by atoms with van der Waals surface area (Å²) in [5.74, 6) is -0.148. The van der Waals surface area contributed by atoms with Crippen LogP contribution in [0.2, 0.25) is 0 Å². The fourth-order valence-electron chi connectivity index (χ4n) is 4.55. The van der Waals surface area contributed by atoms with Gasteiger partial charge in [0.05, 0.1) is 23.2 Å². The molecule has 190 valence electrons. The van der Waals surface area contributed by atoms with Gasteiger partial charge in [-0.2, -0.15) is 0 Å². The average molecular weight is 519 g/mol. The monoisotopic (exact) mass is 518 g/mol. The van der Waals surface area contributed by atoms with E-state index in [1.807, 2.05) is 78.6 Å². The molecule has 0 aliphatic carbocycles. The number of hydrogen-bond donors (Lipinski definition) is 1. The second-order valence-corrected chi connectivity index (χ2v) is 10.7. The van der Waals surface area contributed by atoms with Crippen LogP contribution in [0.3, 0.4) is 0 Å². The number of nitrogens with zero attached hydrogens (tertiary/aromatic N) is 1. The number of fused-ring (bicyclic) bond motifs is 1. The normalized spacial score (nSPS) is 14.8. The molecule has 0 aromatic heterocycles. The number of nitrogens with one attached hydrogen (secondary N) is 1. The molecule has 5 heteroatoms. The first-order valence-corrected chi connectivity index (χ1v) is 13.5. The summed E-state index contributed by atoms with van der Waals surface area (Å²) < 4.78 is 0. The second-order valence-electron chi connectivity index (χ2n) is 9.63. The van der Waals surface area contributed by atoms with Crippen molar-refractivity contribution in [2.45, 2.75) is 38.3 Å². The molecule has 0 fully saturated rings. The van der Waals surface area contributed by atoms with Gasteiger partial charge >= 0.3 is 0 Å². The summed E-state index contributed by atoms with van der Waals surface area (Å²) in [6, 6.07) is 31.6. The van der Waals surface area contributed by atoms with E-state index in [9.17, 15) is 9.59 Å². The van der Waals surface area contributed by atoms with Crippen LogP contribution in [0.4, 0.5) is 5.69 Å². The van der Waals surface area contributed by atoms with Crippen LogP contribution >= 0.6 is 11.8 Å². The fourth-order valence-corrected chi connectivity index (χ4v) is 5.61. The van der Waals surface area contributed by atoms with Gasteiger partial charge in [0.1, 0.15) is 0 Å². The third-order valence-corrected chi connectivity index (χ3v) is 7.86. The first-order chi connectivity index (χ1) is 18.4. The van der Waals surface area contributed by atoms with E-state index >= 15 is 0 Å². The van der Waals surface area contributed by atoms with Crippen LogP contribution in [0.1, 0.15) is 51.1 Å². The van der Waals surface area contributed by atoms with E-state index in [0.717, 1.165) is 27.3 Å². The highest BCUT2D eigenvalue weighted by atomic mass is 32.2. The van der Waals surface area contributed by atoms with Crippen LogP contribution in [0.5, 0.6) is 0 Å². The van der Waals surface area contributed by atoms with Crippen molar-refractivity contribution in [1.29, 1.82) is 0 Å². The lowest BCUT2D eigenvalue weighted by Gasteiger charge is -2.31. The fraction of sp³-hybridized carbons (Fsp3) is 0.152. The standard InChI is InChI=1S/C33H30N2O2S/c1-22-13-14-23(2)28(19-22)21-35-29-11-7-8-12-30(29)38-31(33(35)37)20-25-15-17-27(18-16-25)32(36)34-24(3)26-9-5-4-6-10-26/h4-20,24H,21H2,1-3H3,(H,34,36)/b31-20-. The molecule has 0 bridgehead atoms. The summed E-state index contributed by atoms with van der Waals surface area (Å²) in [4.78, 5) is 30.1. The van der Waals surface area contributed by atoms with Gasteiger partial charge in [-0.25, -0.2) is 0 Å². The second kappa shape index (κ2) is 11.1. The summed E-state index contributed by atoms with van der Waals surface area (Å²) in [6.45, 7) is 6.64. The van der Waals surface area contributed by atoms with Gasteiger partial charge in [-0.05, 0) is 73.4 Å². The van der Waals surface area contributed by atoms with Gasteiger partial charge in [0, 0.05) is 10.5 Å². The molecule has 1 aliphatic rings. The van der Waals surface area contributed by atoms with Crippen molar-refractivity contribution >= 4 is 35.3 Å². The van der Waals surface area contributed by atoms with E-state index < -0.39 is 0 Å². The Bertz CT molecular complexity index is 1510. The summed E-state index contributed by atoms with van der Waals surface area (Å²) in [6.07, 6.45) is 1.91. The lowest BCUT2D eigenvalue weighted by Crippen LogP contribution is -2.34. The quantitative estimate of drug-likeness (QED) is 0.269. The van der Waals surface area contributed by atoms with Crippen molar-refractivity contribution in [1.82, 2.24) is 5.32 Å². The molecular formula is C33H30N2O2S. The maximum Gasteiger partial charge on any atom is 0.265 e. The Labute approximate surface area is 228 Å². The number of anilines is 1. The molecule has 4 nitrogen and oxygen atoms in total. The van der Waals surface area contributed by atoms with Crippen molar-refractivity contribution in [3.63, 3.8) is 0 Å². The molecule has 0 radical (unpaired) electrons. The smallest absolute Gasteiger partial charge is 0.265 e. The van der Waals surface area contributed by atoms with E-state index in [1.165, 1.54) is 22.9 Å². The van der Waals surface area contributed by atoms with Gasteiger partial charge in [0.15, 0.2) is 0 Å². The SMILES string of the molecule is Cc1ccc(C)c(CN2C(=O)/C(=C/c3ccc(C(=O)NC(C)c4ccccc4)cc3)Sc3ccccc32)c1. The molecule has 1 atom stereocenters. The first-order valence-electron chi connectivity index (χ1n) is 12.7. The van der Waals surface area contributed by atoms with Gasteiger partial charge in [0.2, 0.25) is 0 Å². The zero-order valence-corrected chi connectivity index (χ0v) is 22.6. The summed E-state index contributed by atoms with van der Waals surface area (Å²) >= 11 is 1.49. The third-order valence-electron chi connectivity index (χ3n) is 6.78. The molecule has 4 aromatic rings. The number of hydrogen-bond acceptors (Lipinski definition) is 3. The third kappa shape index (κ3) is 5.58. The number of amides is 2. The number of rotatable bonds is 6. The van der Waals surface area contributed by atoms with Crippen molar-refractivity contribution in [3.8, 4) is 0 Å². The van der Waals surface area contributed by atoms with Gasteiger partial charge in [0.25, 0.3) is 11.8 Å². The number of aryl methyl sites for hydroxylation is 2. The lowest BCUT2D eigenvalue weighted by atomic mass is 10.0. The molecular weight excluding hydrogens is 488 g/mol. The van der Waals surface area contributed by atoms with Crippen molar-refractivity contribution < 1.29 is 9.59 Å². The maximum atomic E-state index is 13.7. The van der Waals surface area contributed by atoms with Crippen LogP contribution in [-0.2, 0) is 11.3 Å². The lowest BCUT2D eigenvalue weighted by molar-refractivity contribution is -0.114. The minimum absolute atomic E-state index is 0.0203. The van der Waals surface area contributed by atoms with E-state index in [1.54, 1.807) is 12.1 Å². The Morgan fingerprint density at radius 1 is 0.921 bits per heavy atom. The van der Waals surface area contributed by atoms with Crippen LogP contribution in [0.25, 0.3) is 6.08 Å². The molecule has 1 N–H and O–H groups in total. The van der Waals surface area contributed by atoms with E-state index in [4.69, 9.17) is 0 Å². The molecule has 0 saturated heterocycles. The molecule has 1 unspecified atom stereocenters. The van der Waals surface area contributed by atoms with Gasteiger partial charge < -0.3 is 10.2 Å². The molecule has 0 saturated carbocycles. The highest BCUT2D eigenvalue weighted by molar-refractivity contribution is 8.04. The maximum absolute atomic E-state index is 13.7. The molecule has 0 spiro atoms. The molecule has 2 amide bonds. The van der Waals surface area contributed by atoms with Crippen LogP contribution in [-0.4, -0.2) is 11.8 Å². The Balaban J connectivity index is 1.37. The summed E-state index contributed by atoms with van der Waals surface area (Å²) in [5.41, 5.74) is 6.93. The first kappa shape index (κ1) is 25.6. The van der Waals surface area contributed by atoms with Crippen molar-refractivity contribution in [2.24, 2.45) is 0 Å². The summed E-state index contributed by atoms with van der Waals surface area (Å²) in [5, 5.41) is 3.05. The Morgan fingerprint density at radius 3 is 2.39 bits per heavy atom. The topological polar surface area (TPSA) is 49.4 Å². The van der Waals surface area contributed by atoms with Gasteiger partial charge in [-0.1, -0.05) is 90.1 Å². The highest BCUT2D eigenvalue weighted by Gasteiger charge is 2.29. The van der Waals surface area contributed by atoms with Crippen LogP contribution in [0.15, 0.2) is 107 Å². The number of benzene rings is 4. The van der Waals surface area contributed by atoms with Gasteiger partial charge in [-0.3, -0.25) is 9.59 Å². The molecule has 38 heavy (non-hydrogen) atoms. The van der Waals surface area contributed by atoms with Crippen molar-refractivity contribution in [2.75, 3.05) is 4.90 Å². The minimum Gasteiger partial charge on any atom is -0.346 e. The molecule has 4 aromatic carbocycles. The zero-order chi connectivity index (χ0) is 26.6. The van der Waals surface area contributed by atoms with E-state index in [0.29, 0.717) is 17.0 Å². The largest absolute Gasteiger partial charge is 0.346 e. The molecule has 1 aliphatic heterocycles. The number of thioether (sulfide) groups is 1. The van der Waals surface area contributed by atoms with E-state index in [2.05, 4.69) is 43.4 Å². The van der Waals surface area contributed by atoms with Crippen molar-refractivity contribution in [3.05, 3.63) is 135 Å². The minimum atomic E-state index is -0.127. The highest BCUT2D eigenvalue weighted by Crippen LogP contribution is 2.42. The Kier molecular flexibility index (Phi) is 7.47. The number of carbonyl (C=O) groups excluding carboxylic acids is 2. The predicted octanol–water partition coefficient (Wildman–Crippen LogP) is 7.47. The van der Waals surface area contributed by atoms with Crippen LogP contribution in [0, 0.1) is 13.8 Å². The van der Waals surface area contributed by atoms with Crippen LogP contribution < -0.4 is 10.2 Å². The molecule has 5 rings (SSSR count). The Morgan fingerprint density at radius 2 is 1.63 bits per heavy atom. The average Bonchev–Trinajstić information content (AvgIpc) is 2.93. The number of carbonyl (C=O) groups is 2. The zero-order valence-electron chi connectivity index (χ0n) is 21.8. The predicted molar refractivity (Wildman–Crippen MR) is 156 cm³/mol. The Hall–Kier alpha value is -4.09. The van der Waals surface area contributed by atoms with Gasteiger partial charge in [-0.15, -0.1) is 0 Å². The summed E-state index contributed by atoms with van der Waals surface area (Å²) in [7, 11) is 0. The molecule has 1 heterocycles. The number of para-hydroxylation sites is 1. The van der Waals surface area contributed by atoms with E-state index in [-0.39, 0.29) is 17.9 Å².